The van der Waals surface area contributed by atoms with Crippen molar-refractivity contribution in [1.82, 2.24) is 5.32 Å². The zero-order valence-electron chi connectivity index (χ0n) is 11.0. The first-order valence-corrected chi connectivity index (χ1v) is 7.09. The van der Waals surface area contributed by atoms with E-state index in [9.17, 15) is 4.79 Å². The molecule has 0 radical (unpaired) electrons. The van der Waals surface area contributed by atoms with Crippen molar-refractivity contribution < 1.29 is 13.9 Å². The van der Waals surface area contributed by atoms with Crippen molar-refractivity contribution >= 4 is 17.2 Å². The molecule has 0 spiro atoms. The van der Waals surface area contributed by atoms with Crippen molar-refractivity contribution in [3.8, 4) is 0 Å². The molecule has 2 aromatic rings. The minimum Gasteiger partial charge on any atom is -0.464 e. The molecule has 4 nitrogen and oxygen atoms in total. The third kappa shape index (κ3) is 3.45. The predicted molar refractivity (Wildman–Crippen MR) is 74.5 cm³/mol. The van der Waals surface area contributed by atoms with Gasteiger partial charge < -0.3 is 14.5 Å². The maximum Gasteiger partial charge on any atom is 0.252 e. The normalized spacial score (nSPS) is 12.3. The van der Waals surface area contributed by atoms with Gasteiger partial charge in [-0.1, -0.05) is 6.92 Å². The SMILES string of the molecule is CCc1ccc([C@H](COC)NC(=O)c2ccsc2)o1. The molecule has 0 saturated heterocycles. The van der Waals surface area contributed by atoms with Crippen LogP contribution in [-0.2, 0) is 11.2 Å². The van der Waals surface area contributed by atoms with E-state index in [-0.39, 0.29) is 11.9 Å². The Morgan fingerprint density at radius 2 is 2.32 bits per heavy atom. The molecule has 0 unspecified atom stereocenters. The van der Waals surface area contributed by atoms with Gasteiger partial charge >= 0.3 is 0 Å². The molecule has 0 bridgehead atoms. The molecule has 5 heteroatoms. The van der Waals surface area contributed by atoms with E-state index >= 15 is 0 Å². The summed E-state index contributed by atoms with van der Waals surface area (Å²) in [6.45, 7) is 2.41. The Morgan fingerprint density at radius 1 is 1.47 bits per heavy atom. The van der Waals surface area contributed by atoms with Gasteiger partial charge in [-0.25, -0.2) is 0 Å². The third-order valence-electron chi connectivity index (χ3n) is 2.80. The minimum atomic E-state index is -0.266. The number of thiophene rings is 1. The van der Waals surface area contributed by atoms with Crippen LogP contribution in [0.5, 0.6) is 0 Å². The van der Waals surface area contributed by atoms with Gasteiger partial charge in [0.25, 0.3) is 5.91 Å². The lowest BCUT2D eigenvalue weighted by Crippen LogP contribution is -2.30. The lowest BCUT2D eigenvalue weighted by molar-refractivity contribution is 0.0882. The first kappa shape index (κ1) is 13.8. The van der Waals surface area contributed by atoms with Crippen LogP contribution in [0.1, 0.15) is 34.8 Å². The molecule has 0 fully saturated rings. The summed E-state index contributed by atoms with van der Waals surface area (Å²) in [5.74, 6) is 1.51. The summed E-state index contributed by atoms with van der Waals surface area (Å²) in [6, 6.07) is 5.34. The molecule has 0 aliphatic heterocycles. The fourth-order valence-electron chi connectivity index (χ4n) is 1.77. The molecular formula is C14H17NO3S. The Labute approximate surface area is 116 Å². The van der Waals surface area contributed by atoms with Gasteiger partial charge in [0.2, 0.25) is 0 Å². The molecular weight excluding hydrogens is 262 g/mol. The van der Waals surface area contributed by atoms with Gasteiger partial charge in [-0.15, -0.1) is 0 Å². The van der Waals surface area contributed by atoms with Crippen LogP contribution in [0.3, 0.4) is 0 Å². The van der Waals surface area contributed by atoms with Crippen LogP contribution in [0.4, 0.5) is 0 Å². The van der Waals surface area contributed by atoms with Gasteiger partial charge in [-0.3, -0.25) is 4.79 Å². The largest absolute Gasteiger partial charge is 0.464 e. The number of methoxy groups -OCH3 is 1. The van der Waals surface area contributed by atoms with Crippen molar-refractivity contribution in [2.45, 2.75) is 19.4 Å². The zero-order valence-corrected chi connectivity index (χ0v) is 11.8. The van der Waals surface area contributed by atoms with Crippen LogP contribution in [0.2, 0.25) is 0 Å². The smallest absolute Gasteiger partial charge is 0.252 e. The van der Waals surface area contributed by atoms with Gasteiger partial charge in [0.1, 0.15) is 17.6 Å². The molecule has 2 aromatic heterocycles. The van der Waals surface area contributed by atoms with Crippen LogP contribution >= 0.6 is 11.3 Å². The number of furan rings is 1. The van der Waals surface area contributed by atoms with Gasteiger partial charge in [0.15, 0.2) is 0 Å². The number of hydrogen-bond donors (Lipinski definition) is 1. The molecule has 2 heterocycles. The monoisotopic (exact) mass is 279 g/mol. The van der Waals surface area contributed by atoms with Gasteiger partial charge in [0, 0.05) is 18.9 Å². The van der Waals surface area contributed by atoms with Gasteiger partial charge in [-0.05, 0) is 23.6 Å². The number of amides is 1. The van der Waals surface area contributed by atoms with Crippen LogP contribution in [-0.4, -0.2) is 19.6 Å². The molecule has 0 saturated carbocycles. The number of aryl methyl sites for hydroxylation is 1. The summed E-state index contributed by atoms with van der Waals surface area (Å²) in [7, 11) is 1.60. The van der Waals surface area contributed by atoms with Crippen molar-refractivity contribution in [1.29, 1.82) is 0 Å². The van der Waals surface area contributed by atoms with E-state index in [2.05, 4.69) is 5.32 Å². The summed E-state index contributed by atoms with van der Waals surface area (Å²) in [5.41, 5.74) is 0.661. The summed E-state index contributed by atoms with van der Waals surface area (Å²) in [6.07, 6.45) is 0.832. The Balaban J connectivity index is 2.09. The highest BCUT2D eigenvalue weighted by molar-refractivity contribution is 7.08. The maximum absolute atomic E-state index is 12.0. The molecule has 1 amide bonds. The summed E-state index contributed by atoms with van der Waals surface area (Å²) in [4.78, 5) is 12.0. The van der Waals surface area contributed by atoms with Crippen LogP contribution in [0.15, 0.2) is 33.4 Å². The van der Waals surface area contributed by atoms with E-state index in [4.69, 9.17) is 9.15 Å². The Morgan fingerprint density at radius 3 is 2.89 bits per heavy atom. The van der Waals surface area contributed by atoms with E-state index in [1.807, 2.05) is 29.8 Å². The fraction of sp³-hybridized carbons (Fsp3) is 0.357. The van der Waals surface area contributed by atoms with E-state index in [0.717, 1.165) is 17.9 Å². The van der Waals surface area contributed by atoms with E-state index in [0.29, 0.717) is 12.2 Å². The molecule has 0 aliphatic carbocycles. The molecule has 0 aromatic carbocycles. The van der Waals surface area contributed by atoms with Crippen molar-refractivity contribution in [3.05, 3.63) is 46.0 Å². The highest BCUT2D eigenvalue weighted by Crippen LogP contribution is 2.18. The van der Waals surface area contributed by atoms with Crippen molar-refractivity contribution in [2.24, 2.45) is 0 Å². The fourth-order valence-corrected chi connectivity index (χ4v) is 2.40. The zero-order chi connectivity index (χ0) is 13.7. The first-order chi connectivity index (χ1) is 9.24. The number of carbonyl (C=O) groups excluding carboxylic acids is 1. The Bertz CT molecular complexity index is 519. The number of nitrogens with one attached hydrogen (secondary N) is 1. The summed E-state index contributed by atoms with van der Waals surface area (Å²) in [5, 5.41) is 6.62. The summed E-state index contributed by atoms with van der Waals surface area (Å²) < 4.78 is 10.8. The second-order valence-corrected chi connectivity index (χ2v) is 4.93. The molecule has 102 valence electrons. The van der Waals surface area contributed by atoms with Crippen molar-refractivity contribution in [3.63, 3.8) is 0 Å². The van der Waals surface area contributed by atoms with Crippen LogP contribution in [0.25, 0.3) is 0 Å². The number of rotatable bonds is 6. The average Bonchev–Trinajstić information content (AvgIpc) is 3.09. The second-order valence-electron chi connectivity index (χ2n) is 4.15. The second kappa shape index (κ2) is 6.54. The summed E-state index contributed by atoms with van der Waals surface area (Å²) >= 11 is 1.50. The lowest BCUT2D eigenvalue weighted by atomic mass is 10.2. The first-order valence-electron chi connectivity index (χ1n) is 6.15. The van der Waals surface area contributed by atoms with Gasteiger partial charge in [-0.2, -0.15) is 11.3 Å². The average molecular weight is 279 g/mol. The van der Waals surface area contributed by atoms with E-state index < -0.39 is 0 Å². The van der Waals surface area contributed by atoms with Gasteiger partial charge in [0.05, 0.1) is 12.2 Å². The molecule has 1 N–H and O–H groups in total. The Hall–Kier alpha value is -1.59. The van der Waals surface area contributed by atoms with E-state index in [1.165, 1.54) is 11.3 Å². The van der Waals surface area contributed by atoms with Crippen LogP contribution in [0, 0.1) is 0 Å². The molecule has 2 rings (SSSR count). The predicted octanol–water partition coefficient (Wildman–Crippen LogP) is 3.02. The minimum absolute atomic E-state index is 0.113. The maximum atomic E-state index is 12.0. The highest BCUT2D eigenvalue weighted by Gasteiger charge is 2.19. The highest BCUT2D eigenvalue weighted by atomic mass is 32.1. The topological polar surface area (TPSA) is 51.5 Å². The lowest BCUT2D eigenvalue weighted by Gasteiger charge is -2.15. The standard InChI is InChI=1S/C14H17NO3S/c1-3-11-4-5-13(18-11)12(8-17-2)15-14(16)10-6-7-19-9-10/h4-7,9,12H,3,8H2,1-2H3,(H,15,16)/t12-/m0/s1. The quantitative estimate of drug-likeness (QED) is 0.884. The third-order valence-corrected chi connectivity index (χ3v) is 3.48. The van der Waals surface area contributed by atoms with E-state index in [1.54, 1.807) is 13.2 Å². The Kier molecular flexibility index (Phi) is 4.76. The number of hydrogen-bond acceptors (Lipinski definition) is 4. The molecule has 1 atom stereocenters. The molecule has 0 aliphatic rings. The van der Waals surface area contributed by atoms with Crippen molar-refractivity contribution in [2.75, 3.05) is 13.7 Å². The number of ether oxygens (including phenoxy) is 1. The van der Waals surface area contributed by atoms with Crippen LogP contribution < -0.4 is 5.32 Å². The molecule has 19 heavy (non-hydrogen) atoms. The number of carbonyl (C=O) groups is 1.